The van der Waals surface area contributed by atoms with Gasteiger partial charge >= 0.3 is 0 Å². The van der Waals surface area contributed by atoms with Crippen LogP contribution in [0, 0.1) is 62.6 Å². The van der Waals surface area contributed by atoms with E-state index in [9.17, 15) is 5.11 Å². The summed E-state index contributed by atoms with van der Waals surface area (Å²) in [7, 11) is 0. The summed E-state index contributed by atoms with van der Waals surface area (Å²) < 4.78 is 0. The van der Waals surface area contributed by atoms with Crippen LogP contribution in [-0.4, -0.2) is 11.2 Å². The van der Waals surface area contributed by atoms with Gasteiger partial charge in [0.15, 0.2) is 0 Å². The molecule has 0 amide bonds. The molecule has 0 aliphatic heterocycles. The maximum absolute atomic E-state index is 11.4. The molecule has 0 saturated heterocycles. The van der Waals surface area contributed by atoms with Gasteiger partial charge in [-0.2, -0.15) is 0 Å². The Hall–Kier alpha value is -0.0400. The lowest BCUT2D eigenvalue weighted by Gasteiger charge is -2.82. The van der Waals surface area contributed by atoms with Crippen LogP contribution in [0.2, 0.25) is 0 Å². The molecule has 12 unspecified atom stereocenters. The van der Waals surface area contributed by atoms with E-state index in [2.05, 4.69) is 13.8 Å². The summed E-state index contributed by atoms with van der Waals surface area (Å²) in [5.41, 5.74) is 3.52. The van der Waals surface area contributed by atoms with Crippen molar-refractivity contribution in [1.82, 2.24) is 0 Å². The lowest BCUT2D eigenvalue weighted by atomic mass is 9.21. The molecule has 0 aromatic carbocycles. The number of hydrogen-bond donors (Lipinski definition) is 1. The second-order valence-electron chi connectivity index (χ2n) is 11.5. The first-order chi connectivity index (χ1) is 10.5. The third-order valence-corrected chi connectivity index (χ3v) is 12.8. The Morgan fingerprint density at radius 2 is 1.64 bits per heavy atom. The predicted molar refractivity (Wildman–Crippen MR) is 82.8 cm³/mol. The molecule has 1 N–H and O–H groups in total. The number of hydrogen-bond acceptors (Lipinski definition) is 1. The molecule has 0 aromatic rings. The van der Waals surface area contributed by atoms with Gasteiger partial charge in [0.1, 0.15) is 0 Å². The van der Waals surface area contributed by atoms with Gasteiger partial charge in [-0.3, -0.25) is 0 Å². The van der Waals surface area contributed by atoms with E-state index in [1.807, 2.05) is 0 Å². The molecule has 118 valence electrons. The normalized spacial score (nSPS) is 86.0. The zero-order valence-electron chi connectivity index (χ0n) is 13.9. The molecule has 10 fully saturated rings. The van der Waals surface area contributed by atoms with E-state index in [4.69, 9.17) is 0 Å². The Morgan fingerprint density at radius 3 is 2.41 bits per heavy atom. The Kier molecular flexibility index (Phi) is 1.30. The van der Waals surface area contributed by atoms with Crippen molar-refractivity contribution in [2.24, 2.45) is 62.6 Å². The van der Waals surface area contributed by atoms with E-state index >= 15 is 0 Å². The summed E-state index contributed by atoms with van der Waals surface area (Å²) in [6, 6.07) is 0. The highest BCUT2D eigenvalue weighted by Gasteiger charge is 3.03. The van der Waals surface area contributed by atoms with Crippen molar-refractivity contribution in [2.45, 2.75) is 64.9 Å². The molecule has 10 aliphatic carbocycles. The Bertz CT molecular complexity index is 685. The first-order valence-electron chi connectivity index (χ1n) is 10.2. The van der Waals surface area contributed by atoms with E-state index < -0.39 is 0 Å². The van der Waals surface area contributed by atoms with Gasteiger partial charge in [0.25, 0.3) is 0 Å². The summed E-state index contributed by atoms with van der Waals surface area (Å²) in [6.07, 6.45) is 10.8. The van der Waals surface area contributed by atoms with Crippen LogP contribution >= 0.6 is 0 Å². The van der Waals surface area contributed by atoms with Gasteiger partial charge in [-0.05, 0) is 108 Å². The number of rotatable bonds is 0. The topological polar surface area (TPSA) is 20.2 Å². The summed E-state index contributed by atoms with van der Waals surface area (Å²) in [6.45, 7) is 5.00. The van der Waals surface area contributed by atoms with E-state index in [0.29, 0.717) is 28.1 Å². The van der Waals surface area contributed by atoms with Gasteiger partial charge in [-0.1, -0.05) is 13.8 Å². The smallest absolute Gasteiger partial charge is 0.0602 e. The summed E-state index contributed by atoms with van der Waals surface area (Å²) in [4.78, 5) is 0. The first kappa shape index (κ1) is 11.5. The Morgan fingerprint density at radius 1 is 0.864 bits per heavy atom. The molecular weight excluding hydrogens is 268 g/mol. The molecule has 1 nitrogen and oxygen atoms in total. The Balaban J connectivity index is 1.57. The van der Waals surface area contributed by atoms with E-state index in [1.165, 1.54) is 12.8 Å². The van der Waals surface area contributed by atoms with Crippen molar-refractivity contribution in [3.05, 3.63) is 0 Å². The molecule has 0 heterocycles. The number of aliphatic hydroxyl groups excluding tert-OH is 1. The van der Waals surface area contributed by atoms with Crippen molar-refractivity contribution >= 4 is 0 Å². The molecular formula is C21H28O. The molecule has 12 atom stereocenters. The highest BCUT2D eigenvalue weighted by atomic mass is 16.3. The first-order valence-corrected chi connectivity index (χ1v) is 10.2. The van der Waals surface area contributed by atoms with Gasteiger partial charge < -0.3 is 5.11 Å². The Labute approximate surface area is 133 Å². The fourth-order valence-corrected chi connectivity index (χ4v) is 13.0. The summed E-state index contributed by atoms with van der Waals surface area (Å²) >= 11 is 0. The zero-order chi connectivity index (χ0) is 14.5. The van der Waals surface area contributed by atoms with E-state index in [-0.39, 0.29) is 6.10 Å². The van der Waals surface area contributed by atoms with Crippen LogP contribution < -0.4 is 0 Å². The minimum absolute atomic E-state index is 0.0131. The highest BCUT2D eigenvalue weighted by molar-refractivity contribution is 5.50. The minimum atomic E-state index is 0.0131. The monoisotopic (exact) mass is 296 g/mol. The van der Waals surface area contributed by atoms with Crippen LogP contribution in [0.15, 0.2) is 0 Å². The minimum Gasteiger partial charge on any atom is -0.393 e. The van der Waals surface area contributed by atoms with Crippen LogP contribution in [0.5, 0.6) is 0 Å². The lowest BCUT2D eigenvalue weighted by Crippen LogP contribution is -2.78. The molecule has 0 aromatic heterocycles. The van der Waals surface area contributed by atoms with Crippen molar-refractivity contribution in [1.29, 1.82) is 0 Å². The van der Waals surface area contributed by atoms with Crippen molar-refractivity contribution in [3.8, 4) is 0 Å². The predicted octanol–water partition coefficient (Wildman–Crippen LogP) is 3.86. The maximum atomic E-state index is 11.4. The van der Waals surface area contributed by atoms with E-state index in [1.54, 1.807) is 32.1 Å². The fourth-order valence-electron chi connectivity index (χ4n) is 13.0. The van der Waals surface area contributed by atoms with E-state index in [0.717, 1.165) is 34.5 Å². The van der Waals surface area contributed by atoms with Crippen molar-refractivity contribution < 1.29 is 5.11 Å². The van der Waals surface area contributed by atoms with Gasteiger partial charge in [-0.15, -0.1) is 0 Å². The molecule has 10 rings (SSSR count). The standard InChI is InChI=1S/C21H28O/c1-10-11(2)21-13-7-18-3-4-19(18)6-12(13)20(21)9-17(21,8-15(19)20)5-14(18)16(10)22/h10-16,22H,3-9H2,1-2H3. The summed E-state index contributed by atoms with van der Waals surface area (Å²) in [5, 5.41) is 11.4. The third kappa shape index (κ3) is 0.572. The second kappa shape index (κ2) is 2.49. The molecule has 1 heteroatoms. The van der Waals surface area contributed by atoms with Crippen molar-refractivity contribution in [2.75, 3.05) is 0 Å². The molecule has 22 heavy (non-hydrogen) atoms. The zero-order valence-corrected chi connectivity index (χ0v) is 13.9. The van der Waals surface area contributed by atoms with Gasteiger partial charge in [0, 0.05) is 0 Å². The van der Waals surface area contributed by atoms with Crippen molar-refractivity contribution in [3.63, 3.8) is 0 Å². The van der Waals surface area contributed by atoms with Crippen LogP contribution in [0.1, 0.15) is 58.8 Å². The van der Waals surface area contributed by atoms with Crippen LogP contribution in [-0.2, 0) is 0 Å². The summed E-state index contributed by atoms with van der Waals surface area (Å²) in [5.74, 6) is 5.33. The van der Waals surface area contributed by atoms with Crippen LogP contribution in [0.3, 0.4) is 0 Å². The molecule has 10 aliphatic rings. The van der Waals surface area contributed by atoms with Crippen LogP contribution in [0.4, 0.5) is 0 Å². The SMILES string of the molecule is CC1C(O)C2CC34CC5C67CCC26CC2C(C7)C5(C3)C24C1C. The largest absolute Gasteiger partial charge is 0.393 e. The lowest BCUT2D eigenvalue weighted by molar-refractivity contribution is -0.358. The van der Waals surface area contributed by atoms with Gasteiger partial charge in [0.2, 0.25) is 0 Å². The molecule has 5 spiro atoms. The van der Waals surface area contributed by atoms with Crippen LogP contribution in [0.25, 0.3) is 0 Å². The van der Waals surface area contributed by atoms with Gasteiger partial charge in [0.05, 0.1) is 6.10 Å². The molecule has 10 saturated carbocycles. The number of aliphatic hydroxyl groups is 1. The quantitative estimate of drug-likeness (QED) is 0.720. The fraction of sp³-hybridized carbons (Fsp3) is 1.00. The average molecular weight is 296 g/mol. The highest BCUT2D eigenvalue weighted by Crippen LogP contribution is 3.08. The maximum Gasteiger partial charge on any atom is 0.0602 e. The third-order valence-electron chi connectivity index (χ3n) is 12.8. The molecule has 0 radical (unpaired) electrons. The molecule has 9 bridgehead atoms. The van der Waals surface area contributed by atoms with Gasteiger partial charge in [-0.25, -0.2) is 0 Å². The second-order valence-corrected chi connectivity index (χ2v) is 11.5. The average Bonchev–Trinajstić information content (AvgIpc) is 2.97.